The summed E-state index contributed by atoms with van der Waals surface area (Å²) in [5.74, 6) is 0.993. The van der Waals surface area contributed by atoms with Crippen LogP contribution in [0.25, 0.3) is 0 Å². The van der Waals surface area contributed by atoms with Gasteiger partial charge in [0.25, 0.3) is 0 Å². The van der Waals surface area contributed by atoms with Crippen LogP contribution in [0.3, 0.4) is 0 Å². The molecular formula is C17H27F2N3O3. The van der Waals surface area contributed by atoms with Gasteiger partial charge in [-0.25, -0.2) is 4.99 Å². The number of aliphatic imine (C=N–C) groups is 1. The van der Waals surface area contributed by atoms with Gasteiger partial charge in [0.15, 0.2) is 17.5 Å². The topological polar surface area (TPSA) is 64.1 Å². The van der Waals surface area contributed by atoms with Crippen molar-refractivity contribution in [3.8, 4) is 11.5 Å². The summed E-state index contributed by atoms with van der Waals surface area (Å²) >= 11 is 0. The molecule has 0 atom stereocenters. The first-order valence-corrected chi connectivity index (χ1v) is 8.32. The van der Waals surface area contributed by atoms with Crippen LogP contribution in [-0.2, 0) is 11.3 Å². The van der Waals surface area contributed by atoms with E-state index in [4.69, 9.17) is 9.47 Å². The van der Waals surface area contributed by atoms with E-state index < -0.39 is 6.61 Å². The summed E-state index contributed by atoms with van der Waals surface area (Å²) in [5.41, 5.74) is 0.833. The number of alkyl halides is 2. The zero-order valence-corrected chi connectivity index (χ0v) is 15.0. The summed E-state index contributed by atoms with van der Waals surface area (Å²) in [4.78, 5) is 4.48. The Balaban J connectivity index is 2.75. The molecule has 0 aliphatic carbocycles. The minimum Gasteiger partial charge on any atom is -0.490 e. The molecule has 1 aromatic carbocycles. The van der Waals surface area contributed by atoms with Gasteiger partial charge in [0.05, 0.1) is 13.2 Å². The van der Waals surface area contributed by atoms with Crippen LogP contribution in [0.4, 0.5) is 8.78 Å². The largest absolute Gasteiger partial charge is 0.490 e. The Hall–Kier alpha value is -2.09. The zero-order valence-electron chi connectivity index (χ0n) is 15.0. The van der Waals surface area contributed by atoms with Crippen LogP contribution in [0.5, 0.6) is 11.5 Å². The number of hydrogen-bond acceptors (Lipinski definition) is 4. The number of nitrogens with one attached hydrogen (secondary N) is 2. The maximum Gasteiger partial charge on any atom is 0.387 e. The van der Waals surface area contributed by atoms with Crippen molar-refractivity contribution in [2.45, 2.75) is 33.4 Å². The van der Waals surface area contributed by atoms with Crippen molar-refractivity contribution >= 4 is 5.96 Å². The number of ether oxygens (including phenoxy) is 3. The second kappa shape index (κ2) is 12.3. The first kappa shape index (κ1) is 21.0. The average molecular weight is 359 g/mol. The third-order valence-corrected chi connectivity index (χ3v) is 3.11. The van der Waals surface area contributed by atoms with E-state index in [1.54, 1.807) is 26.2 Å². The molecule has 142 valence electrons. The lowest BCUT2D eigenvalue weighted by Gasteiger charge is -2.13. The molecule has 0 spiro atoms. The van der Waals surface area contributed by atoms with Gasteiger partial charge in [-0.2, -0.15) is 8.78 Å². The molecule has 0 heterocycles. The Bertz CT molecular complexity index is 528. The summed E-state index contributed by atoms with van der Waals surface area (Å²) in [6, 6.07) is 4.83. The Labute approximate surface area is 147 Å². The molecule has 6 nitrogen and oxygen atoms in total. The molecule has 25 heavy (non-hydrogen) atoms. The monoisotopic (exact) mass is 359 g/mol. The summed E-state index contributed by atoms with van der Waals surface area (Å²) < 4.78 is 39.7. The van der Waals surface area contributed by atoms with Crippen LogP contribution in [-0.4, -0.2) is 46.0 Å². The second-order valence-electron chi connectivity index (χ2n) is 5.06. The molecule has 1 aromatic rings. The van der Waals surface area contributed by atoms with Gasteiger partial charge in [0.1, 0.15) is 0 Å². The molecule has 0 aromatic heterocycles. The highest BCUT2D eigenvalue weighted by molar-refractivity contribution is 5.79. The second-order valence-corrected chi connectivity index (χ2v) is 5.06. The Morgan fingerprint density at radius 3 is 2.64 bits per heavy atom. The molecule has 0 saturated carbocycles. The zero-order chi connectivity index (χ0) is 18.5. The van der Waals surface area contributed by atoms with Crippen molar-refractivity contribution in [2.24, 2.45) is 4.99 Å². The third-order valence-electron chi connectivity index (χ3n) is 3.11. The van der Waals surface area contributed by atoms with Gasteiger partial charge >= 0.3 is 6.61 Å². The fraction of sp³-hybridized carbons (Fsp3) is 0.588. The minimum atomic E-state index is -2.89. The number of guanidine groups is 1. The lowest BCUT2D eigenvalue weighted by molar-refractivity contribution is -0.0514. The molecule has 0 amide bonds. The first-order chi connectivity index (χ1) is 12.1. The van der Waals surface area contributed by atoms with Gasteiger partial charge in [-0.1, -0.05) is 6.07 Å². The number of halogens is 2. The number of rotatable bonds is 11. The van der Waals surface area contributed by atoms with Crippen LogP contribution in [0.2, 0.25) is 0 Å². The van der Waals surface area contributed by atoms with Gasteiger partial charge in [-0.15, -0.1) is 0 Å². The van der Waals surface area contributed by atoms with Crippen molar-refractivity contribution in [3.63, 3.8) is 0 Å². The van der Waals surface area contributed by atoms with Crippen LogP contribution in [0.1, 0.15) is 25.8 Å². The van der Waals surface area contributed by atoms with Crippen molar-refractivity contribution in [1.82, 2.24) is 10.6 Å². The molecular weight excluding hydrogens is 332 g/mol. The van der Waals surface area contributed by atoms with E-state index in [1.807, 2.05) is 6.92 Å². The smallest absolute Gasteiger partial charge is 0.387 e. The fourth-order valence-electron chi connectivity index (χ4n) is 2.05. The molecule has 0 aliphatic heterocycles. The quantitative estimate of drug-likeness (QED) is 0.361. The summed E-state index contributed by atoms with van der Waals surface area (Å²) in [6.07, 6.45) is 0.870. The number of benzene rings is 1. The maximum atomic E-state index is 12.4. The van der Waals surface area contributed by atoms with Gasteiger partial charge in [-0.3, -0.25) is 0 Å². The molecule has 0 saturated heterocycles. The van der Waals surface area contributed by atoms with E-state index in [1.165, 1.54) is 6.07 Å². The van der Waals surface area contributed by atoms with E-state index in [2.05, 4.69) is 20.4 Å². The normalized spacial score (nSPS) is 11.5. The van der Waals surface area contributed by atoms with Crippen LogP contribution >= 0.6 is 0 Å². The number of methoxy groups -OCH3 is 1. The summed E-state index contributed by atoms with van der Waals surface area (Å²) in [5, 5.41) is 6.36. The Morgan fingerprint density at radius 2 is 2.00 bits per heavy atom. The van der Waals surface area contributed by atoms with E-state index in [9.17, 15) is 8.78 Å². The van der Waals surface area contributed by atoms with Crippen molar-refractivity contribution < 1.29 is 23.0 Å². The molecule has 2 N–H and O–H groups in total. The van der Waals surface area contributed by atoms with E-state index in [0.717, 1.165) is 25.1 Å². The lowest BCUT2D eigenvalue weighted by atomic mass is 10.2. The highest BCUT2D eigenvalue weighted by Gasteiger charge is 2.11. The highest BCUT2D eigenvalue weighted by atomic mass is 19.3. The van der Waals surface area contributed by atoms with E-state index in [-0.39, 0.29) is 11.5 Å². The third kappa shape index (κ3) is 8.53. The van der Waals surface area contributed by atoms with Crippen molar-refractivity contribution in [1.29, 1.82) is 0 Å². The van der Waals surface area contributed by atoms with Gasteiger partial charge in [-0.05, 0) is 38.0 Å². The van der Waals surface area contributed by atoms with Gasteiger partial charge in [0, 0.05) is 26.8 Å². The van der Waals surface area contributed by atoms with Crippen molar-refractivity contribution in [3.05, 3.63) is 23.8 Å². The predicted molar refractivity (Wildman–Crippen MR) is 93.6 cm³/mol. The van der Waals surface area contributed by atoms with Gasteiger partial charge in [0.2, 0.25) is 0 Å². The highest BCUT2D eigenvalue weighted by Crippen LogP contribution is 2.30. The Kier molecular flexibility index (Phi) is 10.3. The molecule has 8 heteroatoms. The maximum absolute atomic E-state index is 12.4. The Morgan fingerprint density at radius 1 is 1.20 bits per heavy atom. The van der Waals surface area contributed by atoms with E-state index in [0.29, 0.717) is 25.7 Å². The van der Waals surface area contributed by atoms with Crippen LogP contribution < -0.4 is 20.1 Å². The predicted octanol–water partition coefficient (Wildman–Crippen LogP) is 2.78. The van der Waals surface area contributed by atoms with E-state index >= 15 is 0 Å². The molecule has 0 fully saturated rings. The number of hydrogen-bond donors (Lipinski definition) is 2. The summed E-state index contributed by atoms with van der Waals surface area (Å²) in [7, 11) is 1.66. The van der Waals surface area contributed by atoms with Crippen LogP contribution in [0, 0.1) is 0 Å². The molecule has 0 radical (unpaired) electrons. The average Bonchev–Trinajstić information content (AvgIpc) is 2.58. The fourth-order valence-corrected chi connectivity index (χ4v) is 2.05. The standard InChI is InChI=1S/C17H27F2N3O3/c1-4-20-17(21-9-6-10-23-3)22-12-13-7-8-14(25-16(18)19)15(11-13)24-5-2/h7-8,11,16H,4-6,9-10,12H2,1-3H3,(H2,20,21,22). The molecule has 0 bridgehead atoms. The van der Waals surface area contributed by atoms with Crippen LogP contribution in [0.15, 0.2) is 23.2 Å². The SMILES string of the molecule is CCNC(=NCc1ccc(OC(F)F)c(OCC)c1)NCCCOC. The molecule has 1 rings (SSSR count). The number of nitrogens with zero attached hydrogens (tertiary/aromatic N) is 1. The molecule has 0 unspecified atom stereocenters. The first-order valence-electron chi connectivity index (χ1n) is 8.32. The minimum absolute atomic E-state index is 0.0224. The van der Waals surface area contributed by atoms with Gasteiger partial charge < -0.3 is 24.8 Å². The lowest BCUT2D eigenvalue weighted by Crippen LogP contribution is -2.38. The molecule has 0 aliphatic rings. The van der Waals surface area contributed by atoms with Crippen molar-refractivity contribution in [2.75, 3.05) is 33.4 Å². The summed E-state index contributed by atoms with van der Waals surface area (Å²) in [6.45, 7) is 3.77.